The number of para-hydroxylation sites is 1. The maximum atomic E-state index is 13.4. The Morgan fingerprint density at radius 3 is 2.27 bits per heavy atom. The number of alkyl halides is 3. The predicted molar refractivity (Wildman–Crippen MR) is 120 cm³/mol. The zero-order chi connectivity index (χ0) is 23.9. The number of fused-ring (bicyclic) bond motifs is 1. The van der Waals surface area contributed by atoms with Crippen molar-refractivity contribution in [2.24, 2.45) is 5.92 Å². The van der Waals surface area contributed by atoms with Crippen molar-refractivity contribution in [2.75, 3.05) is 0 Å². The lowest BCUT2D eigenvalue weighted by Gasteiger charge is -2.15. The first-order chi connectivity index (χ1) is 15.6. The number of aryl methyl sites for hydroxylation is 1. The summed E-state index contributed by atoms with van der Waals surface area (Å²) in [5.74, 6) is 0.0458. The molecule has 0 aliphatic heterocycles. The van der Waals surface area contributed by atoms with E-state index >= 15 is 0 Å². The zero-order valence-corrected chi connectivity index (χ0v) is 18.4. The Hall–Kier alpha value is -3.62. The van der Waals surface area contributed by atoms with Crippen LogP contribution in [0.5, 0.6) is 0 Å². The van der Waals surface area contributed by atoms with Gasteiger partial charge in [-0.25, -0.2) is 14.3 Å². The molecule has 0 unspecified atom stereocenters. The van der Waals surface area contributed by atoms with Crippen molar-refractivity contribution in [3.8, 4) is 5.69 Å². The van der Waals surface area contributed by atoms with E-state index in [1.165, 1.54) is 27.6 Å². The van der Waals surface area contributed by atoms with E-state index in [0.29, 0.717) is 11.3 Å². The van der Waals surface area contributed by atoms with Crippen molar-refractivity contribution < 1.29 is 13.2 Å². The largest absolute Gasteiger partial charge is 0.416 e. The molecule has 4 aromatic rings. The van der Waals surface area contributed by atoms with Crippen LogP contribution in [-0.2, 0) is 19.3 Å². The molecule has 2 heterocycles. The summed E-state index contributed by atoms with van der Waals surface area (Å²) in [4.78, 5) is 31.1. The maximum absolute atomic E-state index is 13.4. The third-order valence-electron chi connectivity index (χ3n) is 5.44. The van der Waals surface area contributed by atoms with Gasteiger partial charge in [0.25, 0.3) is 5.56 Å². The molecule has 6 nitrogen and oxygen atoms in total. The van der Waals surface area contributed by atoms with E-state index in [1.807, 2.05) is 32.9 Å². The Morgan fingerprint density at radius 2 is 1.67 bits per heavy atom. The molecule has 0 aliphatic carbocycles. The van der Waals surface area contributed by atoms with E-state index in [2.05, 4.69) is 4.98 Å². The number of rotatable bonds is 5. The van der Waals surface area contributed by atoms with Gasteiger partial charge in [-0.05, 0) is 42.2 Å². The summed E-state index contributed by atoms with van der Waals surface area (Å²) >= 11 is 0. The molecule has 0 spiro atoms. The van der Waals surface area contributed by atoms with Crippen LogP contribution in [0.4, 0.5) is 13.2 Å². The molecule has 0 saturated carbocycles. The van der Waals surface area contributed by atoms with E-state index < -0.39 is 23.0 Å². The highest BCUT2D eigenvalue weighted by Crippen LogP contribution is 2.29. The third-order valence-corrected chi connectivity index (χ3v) is 5.44. The summed E-state index contributed by atoms with van der Waals surface area (Å²) in [5.41, 5.74) is 0.774. The highest BCUT2D eigenvalue weighted by Gasteiger charge is 2.30. The summed E-state index contributed by atoms with van der Waals surface area (Å²) in [6.07, 6.45) is -2.98. The second-order valence-electron chi connectivity index (χ2n) is 8.45. The number of hydrogen-bond acceptors (Lipinski definition) is 3. The fraction of sp³-hybridized carbons (Fsp3) is 0.292. The van der Waals surface area contributed by atoms with Gasteiger partial charge in [-0.2, -0.15) is 13.2 Å². The molecular weight excluding hydrogens is 433 g/mol. The normalized spacial score (nSPS) is 12.1. The van der Waals surface area contributed by atoms with Crippen LogP contribution in [0.25, 0.3) is 16.9 Å². The Morgan fingerprint density at radius 1 is 1.00 bits per heavy atom. The van der Waals surface area contributed by atoms with Gasteiger partial charge >= 0.3 is 11.9 Å². The van der Waals surface area contributed by atoms with Crippen molar-refractivity contribution in [1.82, 2.24) is 18.7 Å². The van der Waals surface area contributed by atoms with Gasteiger partial charge in [-0.1, -0.05) is 44.2 Å². The lowest BCUT2D eigenvalue weighted by molar-refractivity contribution is -0.137. The number of hydrogen-bond donors (Lipinski definition) is 0. The quantitative estimate of drug-likeness (QED) is 0.448. The van der Waals surface area contributed by atoms with Crippen molar-refractivity contribution in [3.63, 3.8) is 0 Å². The second-order valence-corrected chi connectivity index (χ2v) is 8.45. The van der Waals surface area contributed by atoms with Gasteiger partial charge in [0.05, 0.1) is 17.6 Å². The summed E-state index contributed by atoms with van der Waals surface area (Å²) in [6.45, 7) is 6.05. The van der Waals surface area contributed by atoms with E-state index in [9.17, 15) is 22.8 Å². The summed E-state index contributed by atoms with van der Waals surface area (Å²) in [6, 6.07) is 12.1. The molecule has 2 aromatic carbocycles. The highest BCUT2D eigenvalue weighted by atomic mass is 19.4. The minimum absolute atomic E-state index is 0.0458. The molecule has 0 fully saturated rings. The molecular formula is C24H23F3N4O2. The van der Waals surface area contributed by atoms with E-state index in [0.717, 1.165) is 17.7 Å². The van der Waals surface area contributed by atoms with Crippen molar-refractivity contribution in [1.29, 1.82) is 0 Å². The van der Waals surface area contributed by atoms with Gasteiger partial charge in [0.15, 0.2) is 11.2 Å². The number of halogens is 3. The van der Waals surface area contributed by atoms with Gasteiger partial charge in [0, 0.05) is 13.1 Å². The van der Waals surface area contributed by atoms with Crippen LogP contribution in [0.3, 0.4) is 0 Å². The van der Waals surface area contributed by atoms with Crippen molar-refractivity contribution >= 4 is 11.2 Å². The average Bonchev–Trinajstić information content (AvgIpc) is 3.15. The third kappa shape index (κ3) is 4.22. The first kappa shape index (κ1) is 22.6. The van der Waals surface area contributed by atoms with Gasteiger partial charge in [-0.15, -0.1) is 0 Å². The maximum Gasteiger partial charge on any atom is 0.416 e. The molecule has 0 aliphatic rings. The molecule has 172 valence electrons. The van der Waals surface area contributed by atoms with Crippen LogP contribution in [0.2, 0.25) is 0 Å². The summed E-state index contributed by atoms with van der Waals surface area (Å²) in [7, 11) is 0. The SMILES string of the molecule is Cc1ccccc1-n1c(=O)n(CC(C)C)c(=O)c2c1ncn2Cc1ccc(C(F)(F)F)cc1. The molecule has 0 saturated heterocycles. The van der Waals surface area contributed by atoms with Crippen LogP contribution < -0.4 is 11.2 Å². The molecule has 0 bridgehead atoms. The number of imidazole rings is 1. The zero-order valence-electron chi connectivity index (χ0n) is 18.4. The fourth-order valence-electron chi connectivity index (χ4n) is 3.85. The molecule has 2 aromatic heterocycles. The molecule has 4 rings (SSSR count). The lowest BCUT2D eigenvalue weighted by atomic mass is 10.1. The summed E-state index contributed by atoms with van der Waals surface area (Å²) in [5, 5.41) is 0. The monoisotopic (exact) mass is 456 g/mol. The van der Waals surface area contributed by atoms with E-state index in [4.69, 9.17) is 0 Å². The predicted octanol–water partition coefficient (Wildman–Crippen LogP) is 4.38. The smallest absolute Gasteiger partial charge is 0.320 e. The van der Waals surface area contributed by atoms with Crippen molar-refractivity contribution in [2.45, 2.75) is 40.0 Å². The standard InChI is InChI=1S/C24H23F3N4O2/c1-15(2)12-30-22(32)20-21(31(23(30)33)19-7-5-4-6-16(19)3)28-14-29(20)13-17-8-10-18(11-9-17)24(25,26)27/h4-11,14-15H,12-13H2,1-3H3. The Kier molecular flexibility index (Phi) is 5.73. The molecule has 0 N–H and O–H groups in total. The minimum atomic E-state index is -4.42. The first-order valence-electron chi connectivity index (χ1n) is 10.5. The molecule has 0 radical (unpaired) electrons. The van der Waals surface area contributed by atoms with Crippen LogP contribution in [0.1, 0.15) is 30.5 Å². The van der Waals surface area contributed by atoms with E-state index in [1.54, 1.807) is 16.7 Å². The molecule has 0 amide bonds. The van der Waals surface area contributed by atoms with E-state index in [-0.39, 0.29) is 30.2 Å². The van der Waals surface area contributed by atoms with Gasteiger partial charge < -0.3 is 4.57 Å². The Bertz CT molecular complexity index is 1430. The number of benzene rings is 2. The van der Waals surface area contributed by atoms with Crippen LogP contribution >= 0.6 is 0 Å². The van der Waals surface area contributed by atoms with Crippen LogP contribution in [0, 0.1) is 12.8 Å². The topological polar surface area (TPSA) is 61.8 Å². The minimum Gasteiger partial charge on any atom is -0.320 e. The molecule has 0 atom stereocenters. The van der Waals surface area contributed by atoms with Crippen molar-refractivity contribution in [3.05, 3.63) is 92.4 Å². The van der Waals surface area contributed by atoms with Gasteiger partial charge in [0.2, 0.25) is 0 Å². The first-order valence-corrected chi connectivity index (χ1v) is 10.5. The van der Waals surface area contributed by atoms with Crippen LogP contribution in [-0.4, -0.2) is 18.7 Å². The average molecular weight is 456 g/mol. The van der Waals surface area contributed by atoms with Crippen LogP contribution in [0.15, 0.2) is 64.4 Å². The number of nitrogens with zero attached hydrogens (tertiary/aromatic N) is 4. The fourth-order valence-corrected chi connectivity index (χ4v) is 3.85. The van der Waals surface area contributed by atoms with Gasteiger partial charge in [-0.3, -0.25) is 9.36 Å². The Balaban J connectivity index is 1.92. The molecule has 33 heavy (non-hydrogen) atoms. The molecule has 9 heteroatoms. The second kappa shape index (κ2) is 8.38. The Labute approximate surface area is 187 Å². The lowest BCUT2D eigenvalue weighted by Crippen LogP contribution is -2.41. The van der Waals surface area contributed by atoms with Gasteiger partial charge in [0.1, 0.15) is 0 Å². The highest BCUT2D eigenvalue weighted by molar-refractivity contribution is 5.73. The summed E-state index contributed by atoms with van der Waals surface area (Å²) < 4.78 is 42.9. The number of aromatic nitrogens is 4.